The summed E-state index contributed by atoms with van der Waals surface area (Å²) in [4.78, 5) is 30.1. The summed E-state index contributed by atoms with van der Waals surface area (Å²) in [5, 5.41) is 11.1. The number of oxime groups is 1. The molecule has 31 heavy (non-hydrogen) atoms. The maximum absolute atomic E-state index is 12.7. The van der Waals surface area contributed by atoms with Gasteiger partial charge in [-0.3, -0.25) is 9.59 Å². The van der Waals surface area contributed by atoms with Crippen LogP contribution in [-0.2, 0) is 14.4 Å². The molecule has 174 valence electrons. The minimum Gasteiger partial charge on any atom is -0.391 e. The van der Waals surface area contributed by atoms with Gasteiger partial charge in [0.1, 0.15) is 11.9 Å². The third-order valence-electron chi connectivity index (χ3n) is 9.89. The minimum atomic E-state index is -0.169. The second-order valence-corrected chi connectivity index (χ2v) is 11.1. The molecule has 0 aromatic carbocycles. The maximum Gasteiger partial charge on any atom is 0.207 e. The van der Waals surface area contributed by atoms with E-state index < -0.39 is 0 Å². The zero-order valence-electron chi connectivity index (χ0n) is 18.9. The van der Waals surface area contributed by atoms with Crippen LogP contribution in [0.15, 0.2) is 5.16 Å². The molecule has 0 spiro atoms. The fourth-order valence-corrected chi connectivity index (χ4v) is 8.06. The van der Waals surface area contributed by atoms with E-state index in [1.165, 1.54) is 5.71 Å². The van der Waals surface area contributed by atoms with E-state index in [2.05, 4.69) is 29.6 Å². The molecular weight excluding hydrogens is 414 g/mol. The van der Waals surface area contributed by atoms with Gasteiger partial charge in [0.25, 0.3) is 0 Å². The third kappa shape index (κ3) is 3.72. The van der Waals surface area contributed by atoms with Gasteiger partial charge in [0.15, 0.2) is 0 Å². The van der Waals surface area contributed by atoms with Crippen molar-refractivity contribution in [3.05, 3.63) is 0 Å². The number of rotatable bonds is 4. The van der Waals surface area contributed by atoms with Gasteiger partial charge in [0, 0.05) is 30.8 Å². The lowest BCUT2D eigenvalue weighted by Crippen LogP contribution is -2.61. The van der Waals surface area contributed by atoms with Crippen LogP contribution in [0.5, 0.6) is 0 Å². The fourth-order valence-electron chi connectivity index (χ4n) is 8.06. The van der Waals surface area contributed by atoms with Crippen molar-refractivity contribution in [2.45, 2.75) is 83.8 Å². The van der Waals surface area contributed by atoms with Crippen LogP contribution in [0, 0.1) is 34.5 Å². The molecule has 1 saturated heterocycles. The van der Waals surface area contributed by atoms with Gasteiger partial charge < -0.3 is 15.5 Å². The van der Waals surface area contributed by atoms with Gasteiger partial charge in [0.2, 0.25) is 6.41 Å². The molecule has 7 heteroatoms. The van der Waals surface area contributed by atoms with E-state index in [4.69, 9.17) is 4.84 Å². The van der Waals surface area contributed by atoms with Crippen molar-refractivity contribution >= 4 is 30.3 Å². The summed E-state index contributed by atoms with van der Waals surface area (Å²) in [5.74, 6) is 2.42. The first kappa shape index (κ1) is 23.0. The molecule has 5 rings (SSSR count). The Kier molecular flexibility index (Phi) is 6.43. The van der Waals surface area contributed by atoms with Gasteiger partial charge in [-0.25, -0.2) is 0 Å². The SMILES string of the molecule is C[C@]12CC/C(=N\O[C@@H]3CCNC3)CC1C[C@@H](NC=O)[C@@H]1[C@@H]2CC[C@]2(C)C(=O)CC[C@@H]12.Cl. The molecule has 0 bridgehead atoms. The number of ketones is 1. The monoisotopic (exact) mass is 451 g/mol. The van der Waals surface area contributed by atoms with Gasteiger partial charge in [-0.1, -0.05) is 19.0 Å². The van der Waals surface area contributed by atoms with Gasteiger partial charge in [-0.2, -0.15) is 0 Å². The molecule has 5 fully saturated rings. The summed E-state index contributed by atoms with van der Waals surface area (Å²) >= 11 is 0. The first-order valence-corrected chi connectivity index (χ1v) is 12.1. The van der Waals surface area contributed by atoms with Crippen LogP contribution >= 0.6 is 12.4 Å². The van der Waals surface area contributed by atoms with Crippen molar-refractivity contribution in [3.8, 4) is 0 Å². The highest BCUT2D eigenvalue weighted by molar-refractivity contribution is 5.87. The van der Waals surface area contributed by atoms with E-state index in [-0.39, 0.29) is 35.4 Å². The highest BCUT2D eigenvalue weighted by Crippen LogP contribution is 2.65. The van der Waals surface area contributed by atoms with Crippen molar-refractivity contribution < 1.29 is 14.4 Å². The number of fused-ring (bicyclic) bond motifs is 5. The molecule has 1 amide bonds. The molecule has 0 aromatic heterocycles. The lowest BCUT2D eigenvalue weighted by molar-refractivity contribution is -0.141. The van der Waals surface area contributed by atoms with E-state index in [1.54, 1.807) is 0 Å². The van der Waals surface area contributed by atoms with E-state index in [0.29, 0.717) is 29.5 Å². The number of carbonyl (C=O) groups excluding carboxylic acids is 2. The molecule has 2 N–H and O–H groups in total. The van der Waals surface area contributed by atoms with E-state index in [1.807, 2.05) is 0 Å². The smallest absolute Gasteiger partial charge is 0.207 e. The Bertz CT molecular complexity index is 740. The Balaban J connectivity index is 0.00000231. The predicted molar refractivity (Wildman–Crippen MR) is 122 cm³/mol. The highest BCUT2D eigenvalue weighted by atomic mass is 35.5. The van der Waals surface area contributed by atoms with Crippen LogP contribution in [0.1, 0.15) is 71.6 Å². The van der Waals surface area contributed by atoms with Crippen LogP contribution in [0.25, 0.3) is 0 Å². The normalized spacial score (nSPS) is 47.7. The second-order valence-electron chi connectivity index (χ2n) is 11.1. The summed E-state index contributed by atoms with van der Waals surface area (Å²) in [5.41, 5.74) is 1.30. The lowest BCUT2D eigenvalue weighted by atomic mass is 9.44. The van der Waals surface area contributed by atoms with Gasteiger partial charge in [-0.05, 0) is 80.6 Å². The van der Waals surface area contributed by atoms with E-state index >= 15 is 0 Å². The number of Topliss-reactive ketones (excluding diaryl/α,β-unsaturated/α-hetero) is 1. The van der Waals surface area contributed by atoms with Crippen molar-refractivity contribution in [2.24, 2.45) is 39.7 Å². The summed E-state index contributed by atoms with van der Waals surface area (Å²) in [7, 11) is 0. The van der Waals surface area contributed by atoms with Gasteiger partial charge >= 0.3 is 0 Å². The standard InChI is InChI=1S/C24H37N3O3.ClH/c1-23-8-5-16(27-30-17-7-10-25-13-17)11-15(23)12-20(26-14-28)22-18-3-4-21(29)24(18,2)9-6-19(22)23;/h14-15,17-20,22,25H,3-13H2,1-2H3,(H,26,28);1H/b27-16+;/t15?,17-,18+,19+,20-,22+,23+,24+;/m1./s1. The zero-order valence-corrected chi connectivity index (χ0v) is 19.7. The molecule has 0 aromatic rings. The third-order valence-corrected chi connectivity index (χ3v) is 9.89. The molecule has 4 saturated carbocycles. The first-order valence-electron chi connectivity index (χ1n) is 12.1. The molecule has 1 unspecified atom stereocenters. The zero-order chi connectivity index (χ0) is 20.9. The molecule has 5 aliphatic rings. The number of hydrogen-bond acceptors (Lipinski definition) is 5. The predicted octanol–water partition coefficient (Wildman–Crippen LogP) is 3.48. The minimum absolute atomic E-state index is 0. The average molecular weight is 452 g/mol. The molecular formula is C24H38ClN3O3. The second kappa shape index (κ2) is 8.66. The van der Waals surface area contributed by atoms with Crippen LogP contribution in [0.3, 0.4) is 0 Å². The molecule has 0 radical (unpaired) electrons. The Morgan fingerprint density at radius 2 is 2.00 bits per heavy atom. The van der Waals surface area contributed by atoms with Crippen LogP contribution in [0.4, 0.5) is 0 Å². The molecule has 1 aliphatic heterocycles. The molecule has 8 atom stereocenters. The lowest BCUT2D eigenvalue weighted by Gasteiger charge is -2.61. The van der Waals surface area contributed by atoms with Crippen molar-refractivity contribution in [1.29, 1.82) is 0 Å². The summed E-state index contributed by atoms with van der Waals surface area (Å²) in [6.07, 6.45) is 10.1. The number of amides is 1. The Morgan fingerprint density at radius 1 is 1.16 bits per heavy atom. The van der Waals surface area contributed by atoms with Crippen molar-refractivity contribution in [2.75, 3.05) is 13.1 Å². The highest BCUT2D eigenvalue weighted by Gasteiger charge is 2.62. The average Bonchev–Trinajstić information content (AvgIpc) is 3.35. The van der Waals surface area contributed by atoms with Crippen molar-refractivity contribution in [1.82, 2.24) is 10.6 Å². The van der Waals surface area contributed by atoms with Crippen molar-refractivity contribution in [3.63, 3.8) is 0 Å². The first-order chi connectivity index (χ1) is 14.5. The van der Waals surface area contributed by atoms with Gasteiger partial charge in [-0.15, -0.1) is 12.4 Å². The fraction of sp³-hybridized carbons (Fsp3) is 0.875. The summed E-state index contributed by atoms with van der Waals surface area (Å²) < 4.78 is 0. The molecule has 6 nitrogen and oxygen atoms in total. The number of nitrogens with zero attached hydrogens (tertiary/aromatic N) is 1. The number of halogens is 1. The molecule has 1 heterocycles. The summed E-state index contributed by atoms with van der Waals surface area (Å²) in [6, 6.07) is 0.181. The van der Waals surface area contributed by atoms with Crippen LogP contribution in [-0.4, -0.2) is 43.1 Å². The Labute approximate surface area is 192 Å². The Hall–Kier alpha value is -1.14. The quantitative estimate of drug-likeness (QED) is 0.506. The number of hydrogen-bond donors (Lipinski definition) is 2. The van der Waals surface area contributed by atoms with Crippen LogP contribution < -0.4 is 10.6 Å². The largest absolute Gasteiger partial charge is 0.391 e. The van der Waals surface area contributed by atoms with E-state index in [9.17, 15) is 9.59 Å². The van der Waals surface area contributed by atoms with E-state index in [0.717, 1.165) is 77.3 Å². The summed E-state index contributed by atoms with van der Waals surface area (Å²) in [6.45, 7) is 6.60. The number of nitrogens with one attached hydrogen (secondary N) is 2. The van der Waals surface area contributed by atoms with Gasteiger partial charge in [0.05, 0.1) is 5.71 Å². The topological polar surface area (TPSA) is 79.8 Å². The Morgan fingerprint density at radius 3 is 2.74 bits per heavy atom. The maximum atomic E-state index is 12.7. The van der Waals surface area contributed by atoms with Crippen LogP contribution in [0.2, 0.25) is 0 Å². The molecule has 4 aliphatic carbocycles. The number of carbonyl (C=O) groups is 2.